The van der Waals surface area contributed by atoms with Gasteiger partial charge in [-0.15, -0.1) is 0 Å². The first-order valence-electron chi connectivity index (χ1n) is 5.94. The molecule has 1 unspecified atom stereocenters. The van der Waals surface area contributed by atoms with Crippen LogP contribution in [0.4, 0.5) is 5.69 Å². The fourth-order valence-electron chi connectivity index (χ4n) is 2.21. The molecule has 1 aliphatic rings. The molecule has 1 aromatic rings. The molecule has 0 aromatic carbocycles. The van der Waals surface area contributed by atoms with Gasteiger partial charge < -0.3 is 19.9 Å². The number of rotatable bonds is 2. The second-order valence-corrected chi connectivity index (χ2v) is 4.41. The highest BCUT2D eigenvalue weighted by Crippen LogP contribution is 2.17. The molecule has 17 heavy (non-hydrogen) atoms. The van der Waals surface area contributed by atoms with E-state index in [1.54, 1.807) is 16.8 Å². The second kappa shape index (κ2) is 4.79. The number of amides is 1. The van der Waals surface area contributed by atoms with Crippen molar-refractivity contribution in [1.82, 2.24) is 9.47 Å². The zero-order chi connectivity index (χ0) is 12.4. The molecule has 1 fully saturated rings. The molecule has 5 nitrogen and oxygen atoms in total. The number of hydrogen-bond donors (Lipinski definition) is 1. The van der Waals surface area contributed by atoms with Crippen molar-refractivity contribution in [2.24, 2.45) is 7.05 Å². The number of ether oxygens (including phenoxy) is 1. The fraction of sp³-hybridized carbons (Fsp3) is 0.583. The smallest absolute Gasteiger partial charge is 0.270 e. The zero-order valence-electron chi connectivity index (χ0n) is 10.3. The third kappa shape index (κ3) is 2.29. The van der Waals surface area contributed by atoms with Crippen molar-refractivity contribution in [3.05, 3.63) is 18.0 Å². The minimum absolute atomic E-state index is 0.0411. The molecule has 2 N–H and O–H groups in total. The topological polar surface area (TPSA) is 60.5 Å². The summed E-state index contributed by atoms with van der Waals surface area (Å²) >= 11 is 0. The summed E-state index contributed by atoms with van der Waals surface area (Å²) < 4.78 is 7.18. The Morgan fingerprint density at radius 3 is 3.00 bits per heavy atom. The lowest BCUT2D eigenvalue weighted by atomic mass is 10.1. The average molecular weight is 237 g/mol. The maximum atomic E-state index is 12.4. The minimum atomic E-state index is 0.0411. The Kier molecular flexibility index (Phi) is 3.38. The first kappa shape index (κ1) is 12.0. The lowest BCUT2D eigenvalue weighted by Crippen LogP contribution is -2.48. The summed E-state index contributed by atoms with van der Waals surface area (Å²) in [6.07, 6.45) is 2.67. The van der Waals surface area contributed by atoms with Gasteiger partial charge in [0.15, 0.2) is 0 Å². The number of nitrogens with two attached hydrogens (primary N) is 1. The van der Waals surface area contributed by atoms with Crippen LogP contribution in [0.5, 0.6) is 0 Å². The van der Waals surface area contributed by atoms with Gasteiger partial charge in [-0.05, 0) is 12.5 Å². The van der Waals surface area contributed by atoms with E-state index in [1.807, 2.05) is 11.9 Å². The highest BCUT2D eigenvalue weighted by atomic mass is 16.5. The van der Waals surface area contributed by atoms with Crippen LogP contribution in [0.15, 0.2) is 12.3 Å². The summed E-state index contributed by atoms with van der Waals surface area (Å²) in [5.74, 6) is 0.0411. The molecule has 1 aliphatic heterocycles. The molecule has 2 rings (SSSR count). The molecular weight excluding hydrogens is 218 g/mol. The van der Waals surface area contributed by atoms with Crippen molar-refractivity contribution in [3.63, 3.8) is 0 Å². The van der Waals surface area contributed by atoms with Crippen molar-refractivity contribution in [2.75, 3.05) is 25.5 Å². The number of aromatic nitrogens is 1. The molecule has 0 spiro atoms. The predicted molar refractivity (Wildman–Crippen MR) is 65.8 cm³/mol. The Labute approximate surface area is 101 Å². The van der Waals surface area contributed by atoms with E-state index < -0.39 is 0 Å². The molecule has 1 aromatic heterocycles. The van der Waals surface area contributed by atoms with Crippen molar-refractivity contribution in [1.29, 1.82) is 0 Å². The number of nitrogen functional groups attached to an aromatic ring is 1. The van der Waals surface area contributed by atoms with Gasteiger partial charge in [-0.25, -0.2) is 0 Å². The maximum absolute atomic E-state index is 12.4. The van der Waals surface area contributed by atoms with E-state index >= 15 is 0 Å². The van der Waals surface area contributed by atoms with Gasteiger partial charge in [-0.2, -0.15) is 0 Å². The van der Waals surface area contributed by atoms with E-state index in [1.165, 1.54) is 0 Å². The molecule has 1 amide bonds. The monoisotopic (exact) mass is 237 g/mol. The number of carbonyl (C=O) groups excluding carboxylic acids is 1. The van der Waals surface area contributed by atoms with E-state index in [0.717, 1.165) is 6.42 Å². The molecule has 0 radical (unpaired) electrons. The molecule has 1 atom stereocenters. The third-order valence-electron chi connectivity index (χ3n) is 3.20. The molecule has 0 bridgehead atoms. The van der Waals surface area contributed by atoms with Gasteiger partial charge in [0.25, 0.3) is 5.91 Å². The molecule has 0 aliphatic carbocycles. The molecule has 5 heteroatoms. The number of carbonyl (C=O) groups is 1. The molecule has 0 saturated carbocycles. The van der Waals surface area contributed by atoms with Gasteiger partial charge in [0.2, 0.25) is 0 Å². The summed E-state index contributed by atoms with van der Waals surface area (Å²) in [7, 11) is 1.84. The van der Waals surface area contributed by atoms with Crippen LogP contribution in [-0.4, -0.2) is 41.2 Å². The van der Waals surface area contributed by atoms with Crippen LogP contribution in [0.1, 0.15) is 23.8 Å². The lowest BCUT2D eigenvalue weighted by Gasteiger charge is -2.35. The normalized spacial score (nSPS) is 20.6. The van der Waals surface area contributed by atoms with Crippen molar-refractivity contribution in [3.8, 4) is 0 Å². The van der Waals surface area contributed by atoms with Gasteiger partial charge in [0.1, 0.15) is 5.69 Å². The molecule has 1 saturated heterocycles. The highest BCUT2D eigenvalue weighted by Gasteiger charge is 2.28. The van der Waals surface area contributed by atoms with Crippen molar-refractivity contribution >= 4 is 11.6 Å². The number of aryl methyl sites for hydroxylation is 1. The number of hydrogen-bond acceptors (Lipinski definition) is 3. The van der Waals surface area contributed by atoms with Crippen LogP contribution in [-0.2, 0) is 11.8 Å². The largest absolute Gasteiger partial charge is 0.397 e. The van der Waals surface area contributed by atoms with E-state index in [0.29, 0.717) is 31.1 Å². The van der Waals surface area contributed by atoms with Crippen LogP contribution >= 0.6 is 0 Å². The Morgan fingerprint density at radius 2 is 2.41 bits per heavy atom. The van der Waals surface area contributed by atoms with Crippen LogP contribution in [0, 0.1) is 0 Å². The first-order chi connectivity index (χ1) is 8.13. The van der Waals surface area contributed by atoms with E-state index in [4.69, 9.17) is 10.5 Å². The first-order valence-corrected chi connectivity index (χ1v) is 5.94. The second-order valence-electron chi connectivity index (χ2n) is 4.41. The Bertz CT molecular complexity index is 414. The van der Waals surface area contributed by atoms with Gasteiger partial charge in [0, 0.05) is 19.8 Å². The number of nitrogens with zero attached hydrogens (tertiary/aromatic N) is 2. The SMILES string of the molecule is CCC1COCCN1C(=O)c1cc(N)cn1C. The summed E-state index contributed by atoms with van der Waals surface area (Å²) in [6, 6.07) is 1.90. The Morgan fingerprint density at radius 1 is 1.65 bits per heavy atom. The maximum Gasteiger partial charge on any atom is 0.270 e. The van der Waals surface area contributed by atoms with Gasteiger partial charge >= 0.3 is 0 Å². The van der Waals surface area contributed by atoms with Gasteiger partial charge in [-0.3, -0.25) is 4.79 Å². The summed E-state index contributed by atoms with van der Waals surface area (Å²) in [4.78, 5) is 14.3. The highest BCUT2D eigenvalue weighted by molar-refractivity contribution is 5.94. The van der Waals surface area contributed by atoms with Crippen molar-refractivity contribution < 1.29 is 9.53 Å². The van der Waals surface area contributed by atoms with E-state index in [9.17, 15) is 4.79 Å². The summed E-state index contributed by atoms with van der Waals surface area (Å²) in [6.45, 7) is 3.96. The fourth-order valence-corrected chi connectivity index (χ4v) is 2.21. The number of morpholine rings is 1. The van der Waals surface area contributed by atoms with Crippen LogP contribution in [0.3, 0.4) is 0 Å². The zero-order valence-corrected chi connectivity index (χ0v) is 10.3. The summed E-state index contributed by atoms with van der Waals surface area (Å²) in [5, 5.41) is 0. The quantitative estimate of drug-likeness (QED) is 0.829. The Balaban J connectivity index is 2.21. The molecule has 2 heterocycles. The minimum Gasteiger partial charge on any atom is -0.397 e. The van der Waals surface area contributed by atoms with E-state index in [2.05, 4.69) is 6.92 Å². The predicted octanol–water partition coefficient (Wildman–Crippen LogP) is 0.858. The molecular formula is C12H19N3O2. The standard InChI is InChI=1S/C12H19N3O2/c1-3-10-8-17-5-4-15(10)12(16)11-6-9(13)7-14(11)2/h6-7,10H,3-5,8,13H2,1-2H3. The number of anilines is 1. The van der Waals surface area contributed by atoms with E-state index in [-0.39, 0.29) is 11.9 Å². The van der Waals surface area contributed by atoms with Crippen LogP contribution in [0.2, 0.25) is 0 Å². The Hall–Kier alpha value is -1.49. The lowest BCUT2D eigenvalue weighted by molar-refractivity contribution is -0.00328. The van der Waals surface area contributed by atoms with Gasteiger partial charge in [-0.1, -0.05) is 6.92 Å². The van der Waals surface area contributed by atoms with Gasteiger partial charge in [0.05, 0.1) is 24.9 Å². The summed E-state index contributed by atoms with van der Waals surface area (Å²) in [5.41, 5.74) is 6.96. The molecule has 94 valence electrons. The average Bonchev–Trinajstić information content (AvgIpc) is 2.67. The van der Waals surface area contributed by atoms with Crippen molar-refractivity contribution in [2.45, 2.75) is 19.4 Å². The third-order valence-corrected chi connectivity index (χ3v) is 3.20. The van der Waals surface area contributed by atoms with Crippen LogP contribution < -0.4 is 5.73 Å². The van der Waals surface area contributed by atoms with Crippen LogP contribution in [0.25, 0.3) is 0 Å².